The molecule has 0 aliphatic carbocycles. The van der Waals surface area contributed by atoms with E-state index in [2.05, 4.69) is 10.2 Å². The Balaban J connectivity index is 1.67. The smallest absolute Gasteiger partial charge is 0.326 e. The summed E-state index contributed by atoms with van der Waals surface area (Å²) in [4.78, 5) is 44.5. The molecule has 1 N–H and O–H groups in total. The number of benzene rings is 2. The highest BCUT2D eigenvalue weighted by Gasteiger charge is 2.54. The Bertz CT molecular complexity index is 947. The number of urea groups is 1. The van der Waals surface area contributed by atoms with Crippen LogP contribution in [0.25, 0.3) is 0 Å². The Labute approximate surface area is 182 Å². The molecule has 7 nitrogen and oxygen atoms in total. The number of piperazine rings is 1. The number of aryl methyl sites for hydroxylation is 2. The van der Waals surface area contributed by atoms with E-state index in [1.54, 1.807) is 4.90 Å². The van der Waals surface area contributed by atoms with Crippen molar-refractivity contribution in [3.8, 4) is 0 Å². The highest BCUT2D eigenvalue weighted by Crippen LogP contribution is 2.36. The summed E-state index contributed by atoms with van der Waals surface area (Å²) in [7, 11) is 2.01. The molecule has 2 aliphatic heterocycles. The minimum atomic E-state index is -1.35. The van der Waals surface area contributed by atoms with Gasteiger partial charge in [0.1, 0.15) is 6.54 Å². The first kappa shape index (κ1) is 21.1. The van der Waals surface area contributed by atoms with Crippen molar-refractivity contribution in [2.24, 2.45) is 0 Å². The van der Waals surface area contributed by atoms with Crippen molar-refractivity contribution in [2.45, 2.75) is 19.4 Å². The average molecular weight is 421 g/mol. The van der Waals surface area contributed by atoms with Crippen LogP contribution in [0.5, 0.6) is 0 Å². The van der Waals surface area contributed by atoms with Gasteiger partial charge in [0.05, 0.1) is 0 Å². The van der Waals surface area contributed by atoms with Crippen LogP contribution in [0.15, 0.2) is 48.5 Å². The molecule has 2 aliphatic rings. The van der Waals surface area contributed by atoms with Crippen molar-refractivity contribution in [2.75, 3.05) is 39.8 Å². The Kier molecular flexibility index (Phi) is 5.54. The molecule has 0 bridgehead atoms. The van der Waals surface area contributed by atoms with Gasteiger partial charge in [-0.3, -0.25) is 14.5 Å². The van der Waals surface area contributed by atoms with Crippen LogP contribution < -0.4 is 5.32 Å². The Hall–Kier alpha value is -3.19. The van der Waals surface area contributed by atoms with E-state index in [4.69, 9.17) is 0 Å². The number of hydrogen-bond acceptors (Lipinski definition) is 4. The molecule has 4 amide bonds. The summed E-state index contributed by atoms with van der Waals surface area (Å²) < 4.78 is 0. The van der Waals surface area contributed by atoms with Crippen LogP contribution in [0.1, 0.15) is 22.3 Å². The first-order valence-electron chi connectivity index (χ1n) is 10.6. The second kappa shape index (κ2) is 8.15. The SMILES string of the molecule is Cc1ccc(C2(c3ccc(C)cc3)NC(=O)N(CC(=O)N3CCN(C)CC3)C2=O)cc1. The van der Waals surface area contributed by atoms with E-state index in [0.29, 0.717) is 24.2 Å². The fourth-order valence-electron chi connectivity index (χ4n) is 4.18. The second-order valence-corrected chi connectivity index (χ2v) is 8.49. The molecular weight excluding hydrogens is 392 g/mol. The van der Waals surface area contributed by atoms with Gasteiger partial charge in [0, 0.05) is 26.2 Å². The largest absolute Gasteiger partial charge is 0.339 e. The molecule has 0 radical (unpaired) electrons. The van der Waals surface area contributed by atoms with Gasteiger partial charge in [-0.15, -0.1) is 0 Å². The predicted octanol–water partition coefficient (Wildman–Crippen LogP) is 1.87. The monoisotopic (exact) mass is 420 g/mol. The number of likely N-dealkylation sites (N-methyl/N-ethyl adjacent to an activating group) is 1. The quantitative estimate of drug-likeness (QED) is 0.767. The van der Waals surface area contributed by atoms with Crippen LogP contribution in [0, 0.1) is 13.8 Å². The summed E-state index contributed by atoms with van der Waals surface area (Å²) in [5, 5.41) is 2.91. The number of hydrogen-bond donors (Lipinski definition) is 1. The van der Waals surface area contributed by atoms with Crippen LogP contribution in [-0.2, 0) is 15.1 Å². The van der Waals surface area contributed by atoms with Crippen molar-refractivity contribution in [1.29, 1.82) is 0 Å². The number of nitrogens with zero attached hydrogens (tertiary/aromatic N) is 3. The Morgan fingerprint density at radius 1 is 0.871 bits per heavy atom. The number of carbonyl (C=O) groups is 3. The fraction of sp³-hybridized carbons (Fsp3) is 0.375. The van der Waals surface area contributed by atoms with Gasteiger partial charge in [-0.05, 0) is 32.0 Å². The molecule has 2 fully saturated rings. The Morgan fingerprint density at radius 2 is 1.35 bits per heavy atom. The van der Waals surface area contributed by atoms with Crippen molar-refractivity contribution < 1.29 is 14.4 Å². The van der Waals surface area contributed by atoms with Gasteiger partial charge in [-0.25, -0.2) is 4.79 Å². The molecule has 4 rings (SSSR count). The van der Waals surface area contributed by atoms with Crippen molar-refractivity contribution >= 4 is 17.8 Å². The number of amides is 4. The summed E-state index contributed by atoms with van der Waals surface area (Å²) >= 11 is 0. The second-order valence-electron chi connectivity index (χ2n) is 8.49. The standard InChI is InChI=1S/C24H28N4O3/c1-17-4-8-19(9-5-17)24(20-10-6-18(2)7-11-20)22(30)28(23(31)25-24)16-21(29)27-14-12-26(3)13-15-27/h4-11H,12-16H2,1-3H3,(H,25,31). The molecule has 162 valence electrons. The van der Waals surface area contributed by atoms with Crippen LogP contribution in [0.3, 0.4) is 0 Å². The third-order valence-electron chi connectivity index (χ3n) is 6.22. The molecule has 2 aromatic rings. The summed E-state index contributed by atoms with van der Waals surface area (Å²) in [6.45, 7) is 6.44. The molecule has 2 heterocycles. The third kappa shape index (κ3) is 3.81. The third-order valence-corrected chi connectivity index (χ3v) is 6.22. The zero-order valence-electron chi connectivity index (χ0n) is 18.2. The average Bonchev–Trinajstić information content (AvgIpc) is 3.01. The summed E-state index contributed by atoms with van der Waals surface area (Å²) in [6.07, 6.45) is 0. The van der Waals surface area contributed by atoms with E-state index < -0.39 is 17.5 Å². The van der Waals surface area contributed by atoms with Crippen molar-refractivity contribution in [3.63, 3.8) is 0 Å². The number of imide groups is 1. The molecule has 2 saturated heterocycles. The van der Waals surface area contributed by atoms with E-state index >= 15 is 0 Å². The lowest BCUT2D eigenvalue weighted by Crippen LogP contribution is -2.51. The minimum absolute atomic E-state index is 0.208. The maximum Gasteiger partial charge on any atom is 0.326 e. The molecule has 0 saturated carbocycles. The van der Waals surface area contributed by atoms with E-state index in [1.807, 2.05) is 69.4 Å². The van der Waals surface area contributed by atoms with Gasteiger partial charge in [0.15, 0.2) is 5.54 Å². The maximum absolute atomic E-state index is 13.7. The first-order valence-corrected chi connectivity index (χ1v) is 10.6. The number of carbonyl (C=O) groups excluding carboxylic acids is 3. The van der Waals surface area contributed by atoms with E-state index in [1.165, 1.54) is 0 Å². The van der Waals surface area contributed by atoms with Crippen molar-refractivity contribution in [3.05, 3.63) is 70.8 Å². The molecule has 0 unspecified atom stereocenters. The van der Waals surface area contributed by atoms with Crippen LogP contribution in [0.4, 0.5) is 4.79 Å². The lowest BCUT2D eigenvalue weighted by molar-refractivity contribution is -0.139. The predicted molar refractivity (Wildman–Crippen MR) is 117 cm³/mol. The molecule has 7 heteroatoms. The molecule has 0 aromatic heterocycles. The van der Waals surface area contributed by atoms with E-state index in [0.717, 1.165) is 29.1 Å². The molecule has 0 atom stereocenters. The maximum atomic E-state index is 13.7. The zero-order chi connectivity index (χ0) is 22.2. The van der Waals surface area contributed by atoms with Crippen LogP contribution in [0.2, 0.25) is 0 Å². The number of nitrogens with one attached hydrogen (secondary N) is 1. The summed E-state index contributed by atoms with van der Waals surface area (Å²) in [5.41, 5.74) is 2.12. The van der Waals surface area contributed by atoms with Crippen LogP contribution >= 0.6 is 0 Å². The van der Waals surface area contributed by atoms with E-state index in [9.17, 15) is 14.4 Å². The lowest BCUT2D eigenvalue weighted by atomic mass is 9.82. The first-order chi connectivity index (χ1) is 14.8. The van der Waals surface area contributed by atoms with Gasteiger partial charge in [-0.2, -0.15) is 0 Å². The molecule has 0 spiro atoms. The topological polar surface area (TPSA) is 73.0 Å². The highest BCUT2D eigenvalue weighted by atomic mass is 16.2. The van der Waals surface area contributed by atoms with Gasteiger partial charge in [0.25, 0.3) is 5.91 Å². The number of rotatable bonds is 4. The van der Waals surface area contributed by atoms with E-state index in [-0.39, 0.29) is 12.5 Å². The normalized spacial score (nSPS) is 18.9. The Morgan fingerprint density at radius 3 is 1.84 bits per heavy atom. The van der Waals surface area contributed by atoms with Crippen molar-refractivity contribution in [1.82, 2.24) is 20.0 Å². The molecule has 2 aromatic carbocycles. The fourth-order valence-corrected chi connectivity index (χ4v) is 4.18. The van der Waals surface area contributed by atoms with Gasteiger partial charge >= 0.3 is 6.03 Å². The van der Waals surface area contributed by atoms with Crippen LogP contribution in [-0.4, -0.2) is 72.3 Å². The van der Waals surface area contributed by atoms with Gasteiger partial charge < -0.3 is 15.1 Å². The summed E-state index contributed by atoms with van der Waals surface area (Å²) in [5.74, 6) is -0.632. The zero-order valence-corrected chi connectivity index (χ0v) is 18.2. The minimum Gasteiger partial charge on any atom is -0.339 e. The van der Waals surface area contributed by atoms with Gasteiger partial charge in [0.2, 0.25) is 5.91 Å². The van der Waals surface area contributed by atoms with Gasteiger partial charge in [-0.1, -0.05) is 59.7 Å². The summed E-state index contributed by atoms with van der Waals surface area (Å²) in [6, 6.07) is 14.6. The lowest BCUT2D eigenvalue weighted by Gasteiger charge is -2.33. The molecular formula is C24H28N4O3. The highest BCUT2D eigenvalue weighted by molar-refractivity contribution is 6.11. The molecule has 31 heavy (non-hydrogen) atoms.